The number of aromatic nitrogens is 1. The van der Waals surface area contributed by atoms with E-state index < -0.39 is 36.2 Å². The highest BCUT2D eigenvalue weighted by molar-refractivity contribution is 5.92. The molecule has 0 radical (unpaired) electrons. The molecule has 3 aliphatic rings. The van der Waals surface area contributed by atoms with E-state index in [1.165, 1.54) is 57.2 Å². The molecule has 48 heavy (non-hydrogen) atoms. The molecule has 3 aromatic rings. The lowest BCUT2D eigenvalue weighted by Crippen LogP contribution is -2.58. The van der Waals surface area contributed by atoms with E-state index >= 15 is 0 Å². The van der Waals surface area contributed by atoms with E-state index in [1.807, 2.05) is 12.1 Å². The van der Waals surface area contributed by atoms with E-state index in [0.29, 0.717) is 6.42 Å². The maximum Gasteiger partial charge on any atom is 0.514 e. The second-order valence-electron chi connectivity index (χ2n) is 12.3. The van der Waals surface area contributed by atoms with Crippen molar-refractivity contribution in [2.45, 2.75) is 44.4 Å². The van der Waals surface area contributed by atoms with Crippen molar-refractivity contribution >= 4 is 29.0 Å². The minimum Gasteiger partial charge on any atom is -0.497 e. The zero-order valence-electron chi connectivity index (χ0n) is 28.0. The van der Waals surface area contributed by atoms with Gasteiger partial charge in [-0.05, 0) is 67.9 Å². The van der Waals surface area contributed by atoms with Gasteiger partial charge in [0.05, 0.1) is 52.6 Å². The first-order chi connectivity index (χ1) is 23.2. The van der Waals surface area contributed by atoms with Gasteiger partial charge >= 0.3 is 18.1 Å². The predicted octanol–water partition coefficient (Wildman–Crippen LogP) is 4.70. The van der Waals surface area contributed by atoms with Crippen LogP contribution < -0.4 is 18.9 Å². The fraction of sp³-hybridized carbons (Fsp3) is 0.514. The van der Waals surface area contributed by atoms with Crippen molar-refractivity contribution in [3.63, 3.8) is 0 Å². The Morgan fingerprint density at radius 1 is 0.958 bits per heavy atom. The SMILES string of the molecule is CCOC(=O)Oc1c(OC)cc(C(=O)O[C@@H]2C[C@@H]3CN4CCc5c([nH]c6cc(OC)ccc56)[C@@H]4C[C@@H]3[C@H](C(=O)OC)[C@H]2OC)cc1OC. The average molecular weight is 667 g/mol. The maximum absolute atomic E-state index is 13.7. The summed E-state index contributed by atoms with van der Waals surface area (Å²) in [5.74, 6) is -0.833. The van der Waals surface area contributed by atoms with Gasteiger partial charge in [-0.1, -0.05) is 0 Å². The number of hydrogen-bond acceptors (Lipinski definition) is 12. The molecule has 0 amide bonds. The first-order valence-electron chi connectivity index (χ1n) is 16.1. The number of fused-ring (bicyclic) bond motifs is 6. The van der Waals surface area contributed by atoms with E-state index in [4.69, 9.17) is 37.9 Å². The third-order valence-electron chi connectivity index (χ3n) is 10.0. The Balaban J connectivity index is 1.27. The normalized spacial score (nSPS) is 24.8. The molecule has 1 saturated heterocycles. The van der Waals surface area contributed by atoms with E-state index in [0.717, 1.165) is 37.2 Å². The lowest BCUT2D eigenvalue weighted by atomic mass is 9.63. The molecule has 2 aliphatic heterocycles. The summed E-state index contributed by atoms with van der Waals surface area (Å²) in [7, 11) is 7.30. The monoisotopic (exact) mass is 666 g/mol. The molecule has 6 rings (SSSR count). The van der Waals surface area contributed by atoms with E-state index in [-0.39, 0.29) is 47.3 Å². The zero-order valence-corrected chi connectivity index (χ0v) is 28.0. The van der Waals surface area contributed by atoms with Crippen molar-refractivity contribution in [3.8, 4) is 23.0 Å². The molecule has 1 aromatic heterocycles. The molecule has 1 aliphatic carbocycles. The summed E-state index contributed by atoms with van der Waals surface area (Å²) in [5.41, 5.74) is 3.62. The highest BCUT2D eigenvalue weighted by atomic mass is 16.7. The molecule has 2 fully saturated rings. The lowest BCUT2D eigenvalue weighted by Gasteiger charge is -2.52. The number of rotatable bonds is 9. The second kappa shape index (κ2) is 13.9. The number of nitrogens with one attached hydrogen (secondary N) is 1. The Kier molecular flexibility index (Phi) is 9.70. The fourth-order valence-electron chi connectivity index (χ4n) is 7.89. The first kappa shape index (κ1) is 33.4. The molecule has 0 spiro atoms. The summed E-state index contributed by atoms with van der Waals surface area (Å²) in [5, 5.41) is 1.19. The molecule has 258 valence electrons. The largest absolute Gasteiger partial charge is 0.514 e. The molecule has 1 N–H and O–H groups in total. The number of H-pyrrole nitrogens is 1. The molecular formula is C35H42N2O11. The Hall–Kier alpha value is -4.49. The van der Waals surface area contributed by atoms with Crippen molar-refractivity contribution in [2.75, 3.05) is 55.2 Å². The molecule has 0 unspecified atom stereocenters. The fourth-order valence-corrected chi connectivity index (χ4v) is 7.89. The van der Waals surface area contributed by atoms with Gasteiger partial charge in [0.1, 0.15) is 18.0 Å². The van der Waals surface area contributed by atoms with Crippen LogP contribution in [0.3, 0.4) is 0 Å². The smallest absolute Gasteiger partial charge is 0.497 e. The standard InChI is InChI=1S/C35H42N2O11/c1-7-46-35(40)48-31-26(42-3)12-18(13-27(31)43-4)33(38)47-28-14-19-17-37-11-10-22-21-9-8-20(41-2)15-24(21)36-30(22)25(37)16-23(19)29(32(28)44-5)34(39)45-6/h8-9,12-13,15,19,23,25,28-29,32,36H,7,10-11,14,16-17H2,1-6H3/t19-,23+,25+,28-,29+,32+/m1/s1. The topological polar surface area (TPSA) is 144 Å². The van der Waals surface area contributed by atoms with Crippen molar-refractivity contribution in [1.29, 1.82) is 0 Å². The molecule has 6 atom stereocenters. The van der Waals surface area contributed by atoms with Gasteiger partial charge in [-0.15, -0.1) is 0 Å². The van der Waals surface area contributed by atoms with Gasteiger partial charge in [0.15, 0.2) is 11.5 Å². The van der Waals surface area contributed by atoms with Gasteiger partial charge in [0.25, 0.3) is 0 Å². The first-order valence-corrected chi connectivity index (χ1v) is 16.1. The molecular weight excluding hydrogens is 624 g/mol. The number of hydrogen-bond donors (Lipinski definition) is 1. The molecule has 13 heteroatoms. The van der Waals surface area contributed by atoms with Gasteiger partial charge in [-0.25, -0.2) is 9.59 Å². The summed E-state index contributed by atoms with van der Waals surface area (Å²) in [4.78, 5) is 45.3. The van der Waals surface area contributed by atoms with Gasteiger partial charge in [0, 0.05) is 42.9 Å². The number of methoxy groups -OCH3 is 5. The summed E-state index contributed by atoms with van der Waals surface area (Å²) in [6.07, 6.45) is -0.298. The Morgan fingerprint density at radius 3 is 2.35 bits per heavy atom. The number of benzene rings is 2. The second-order valence-corrected chi connectivity index (χ2v) is 12.3. The maximum atomic E-state index is 13.7. The van der Waals surface area contributed by atoms with Crippen LogP contribution in [0.15, 0.2) is 30.3 Å². The van der Waals surface area contributed by atoms with Crippen molar-refractivity contribution < 1.29 is 52.3 Å². The third-order valence-corrected chi connectivity index (χ3v) is 10.0. The van der Waals surface area contributed by atoms with E-state index in [9.17, 15) is 14.4 Å². The Morgan fingerprint density at radius 2 is 1.71 bits per heavy atom. The minimum absolute atomic E-state index is 0.0356. The summed E-state index contributed by atoms with van der Waals surface area (Å²) >= 11 is 0. The summed E-state index contributed by atoms with van der Waals surface area (Å²) in [6, 6.07) is 9.00. The van der Waals surface area contributed by atoms with Crippen LogP contribution >= 0.6 is 0 Å². The number of piperidine rings is 1. The molecule has 0 bridgehead atoms. The van der Waals surface area contributed by atoms with Crippen LogP contribution in [0.2, 0.25) is 0 Å². The van der Waals surface area contributed by atoms with E-state index in [1.54, 1.807) is 14.0 Å². The average Bonchev–Trinajstić information content (AvgIpc) is 3.48. The van der Waals surface area contributed by atoms with Gasteiger partial charge in [-0.3, -0.25) is 9.69 Å². The van der Waals surface area contributed by atoms with Gasteiger partial charge in [-0.2, -0.15) is 0 Å². The Bertz CT molecular complexity index is 1660. The number of esters is 2. The van der Waals surface area contributed by atoms with Crippen LogP contribution in [0.1, 0.15) is 47.4 Å². The van der Waals surface area contributed by atoms with Crippen molar-refractivity contribution in [1.82, 2.24) is 9.88 Å². The number of ether oxygens (including phenoxy) is 8. The third kappa shape index (κ3) is 6.00. The van der Waals surface area contributed by atoms with Crippen LogP contribution in [0.5, 0.6) is 23.0 Å². The van der Waals surface area contributed by atoms with Crippen LogP contribution in [-0.4, -0.2) is 95.4 Å². The molecule has 3 heterocycles. The number of aromatic amines is 1. The van der Waals surface area contributed by atoms with Crippen LogP contribution in [0.25, 0.3) is 10.9 Å². The highest BCUT2D eigenvalue weighted by Gasteiger charge is 2.54. The number of carbonyl (C=O) groups is 3. The molecule has 2 aromatic carbocycles. The Labute approximate surface area is 278 Å². The van der Waals surface area contributed by atoms with Crippen LogP contribution in [0, 0.1) is 17.8 Å². The predicted molar refractivity (Wildman–Crippen MR) is 172 cm³/mol. The number of nitrogens with zero attached hydrogens (tertiary/aromatic N) is 1. The van der Waals surface area contributed by atoms with Crippen molar-refractivity contribution in [3.05, 3.63) is 47.2 Å². The highest BCUT2D eigenvalue weighted by Crippen LogP contribution is 2.51. The van der Waals surface area contributed by atoms with Crippen molar-refractivity contribution in [2.24, 2.45) is 17.8 Å². The summed E-state index contributed by atoms with van der Waals surface area (Å²) < 4.78 is 43.8. The molecule has 13 nitrogen and oxygen atoms in total. The van der Waals surface area contributed by atoms with Gasteiger partial charge in [0.2, 0.25) is 5.75 Å². The summed E-state index contributed by atoms with van der Waals surface area (Å²) in [6.45, 7) is 3.37. The zero-order chi connectivity index (χ0) is 34.1. The quantitative estimate of drug-likeness (QED) is 0.192. The number of carbonyl (C=O) groups excluding carboxylic acids is 3. The van der Waals surface area contributed by atoms with Gasteiger partial charge < -0.3 is 42.9 Å². The lowest BCUT2D eigenvalue weighted by molar-refractivity contribution is -0.176. The molecule has 1 saturated carbocycles. The van der Waals surface area contributed by atoms with Crippen LogP contribution in [-0.2, 0) is 30.2 Å². The van der Waals surface area contributed by atoms with E-state index in [2.05, 4.69) is 16.0 Å². The minimum atomic E-state index is -0.942. The van der Waals surface area contributed by atoms with Crippen LogP contribution in [0.4, 0.5) is 4.79 Å².